The maximum atomic E-state index is 9.20. The molecule has 0 amide bonds. The number of methoxy groups -OCH3 is 1. The highest BCUT2D eigenvalue weighted by atomic mass is 16.5. The summed E-state index contributed by atoms with van der Waals surface area (Å²) in [7, 11) is 1.68. The topological polar surface area (TPSA) is 44.7 Å². The average molecular weight is 214 g/mol. The third kappa shape index (κ3) is 2.50. The van der Waals surface area contributed by atoms with E-state index in [2.05, 4.69) is 10.2 Å². The Morgan fingerprint density at radius 3 is 3.07 bits per heavy atom. The standard InChI is InChI=1S/C11H22N2O2/c1-15-8-9(7-14)12-10-4-6-13-5-2-3-11(10)13/h9-12,14H,2-8H2,1H3. The second-order valence-corrected chi connectivity index (χ2v) is 4.64. The van der Waals surface area contributed by atoms with Gasteiger partial charge in [-0.2, -0.15) is 0 Å². The Morgan fingerprint density at radius 1 is 1.47 bits per heavy atom. The highest BCUT2D eigenvalue weighted by Gasteiger charge is 2.37. The molecule has 0 spiro atoms. The molecule has 0 bridgehead atoms. The van der Waals surface area contributed by atoms with Crippen molar-refractivity contribution >= 4 is 0 Å². The first-order valence-electron chi connectivity index (χ1n) is 5.95. The van der Waals surface area contributed by atoms with Gasteiger partial charge < -0.3 is 15.2 Å². The molecule has 0 saturated carbocycles. The summed E-state index contributed by atoms with van der Waals surface area (Å²) in [6.45, 7) is 3.24. The Kier molecular flexibility index (Phi) is 3.97. The van der Waals surface area contributed by atoms with Crippen molar-refractivity contribution in [3.63, 3.8) is 0 Å². The van der Waals surface area contributed by atoms with Crippen LogP contribution < -0.4 is 5.32 Å². The molecule has 2 heterocycles. The lowest BCUT2D eigenvalue weighted by molar-refractivity contribution is 0.119. The SMILES string of the molecule is COCC(CO)NC1CCN2CCCC12. The van der Waals surface area contributed by atoms with Gasteiger partial charge in [-0.1, -0.05) is 0 Å². The highest BCUT2D eigenvalue weighted by molar-refractivity contribution is 4.96. The normalized spacial score (nSPS) is 33.2. The van der Waals surface area contributed by atoms with Gasteiger partial charge in [-0.15, -0.1) is 0 Å². The Hall–Kier alpha value is -0.160. The molecule has 0 aromatic carbocycles. The molecule has 0 aromatic heterocycles. The van der Waals surface area contributed by atoms with Crippen molar-refractivity contribution in [3.8, 4) is 0 Å². The molecule has 2 N–H and O–H groups in total. The summed E-state index contributed by atoms with van der Waals surface area (Å²) in [5.74, 6) is 0. The van der Waals surface area contributed by atoms with Gasteiger partial charge in [-0.3, -0.25) is 4.90 Å². The lowest BCUT2D eigenvalue weighted by atomic mass is 10.1. The number of nitrogens with one attached hydrogen (secondary N) is 1. The van der Waals surface area contributed by atoms with Crippen molar-refractivity contribution in [2.24, 2.45) is 0 Å². The van der Waals surface area contributed by atoms with Crippen LogP contribution >= 0.6 is 0 Å². The van der Waals surface area contributed by atoms with Crippen molar-refractivity contribution in [1.82, 2.24) is 10.2 Å². The number of ether oxygens (including phenoxy) is 1. The maximum absolute atomic E-state index is 9.20. The monoisotopic (exact) mass is 214 g/mol. The van der Waals surface area contributed by atoms with E-state index < -0.39 is 0 Å². The van der Waals surface area contributed by atoms with Crippen LogP contribution in [-0.2, 0) is 4.74 Å². The molecule has 15 heavy (non-hydrogen) atoms. The summed E-state index contributed by atoms with van der Waals surface area (Å²) in [5, 5.41) is 12.7. The summed E-state index contributed by atoms with van der Waals surface area (Å²) in [6, 6.07) is 1.36. The summed E-state index contributed by atoms with van der Waals surface area (Å²) in [4.78, 5) is 2.57. The van der Waals surface area contributed by atoms with Crippen LogP contribution in [0.25, 0.3) is 0 Å². The van der Waals surface area contributed by atoms with Gasteiger partial charge >= 0.3 is 0 Å². The van der Waals surface area contributed by atoms with E-state index in [1.165, 1.54) is 32.4 Å². The van der Waals surface area contributed by atoms with E-state index in [1.54, 1.807) is 7.11 Å². The number of nitrogens with zero attached hydrogens (tertiary/aromatic N) is 1. The van der Waals surface area contributed by atoms with Gasteiger partial charge in [0, 0.05) is 25.7 Å². The van der Waals surface area contributed by atoms with Crippen molar-refractivity contribution in [3.05, 3.63) is 0 Å². The van der Waals surface area contributed by atoms with Gasteiger partial charge in [0.2, 0.25) is 0 Å². The Labute approximate surface area is 91.6 Å². The molecule has 2 aliphatic rings. The molecule has 0 aromatic rings. The van der Waals surface area contributed by atoms with Crippen LogP contribution in [0.2, 0.25) is 0 Å². The summed E-state index contributed by atoms with van der Waals surface area (Å²) in [6.07, 6.45) is 3.85. The fourth-order valence-corrected chi connectivity index (χ4v) is 2.93. The summed E-state index contributed by atoms with van der Waals surface area (Å²) < 4.78 is 5.08. The zero-order chi connectivity index (χ0) is 10.7. The van der Waals surface area contributed by atoms with E-state index in [9.17, 15) is 5.11 Å². The molecule has 0 aliphatic carbocycles. The van der Waals surface area contributed by atoms with Crippen LogP contribution in [0.15, 0.2) is 0 Å². The van der Waals surface area contributed by atoms with Crippen LogP contribution in [-0.4, -0.2) is 61.5 Å². The lowest BCUT2D eigenvalue weighted by Gasteiger charge is -2.25. The number of hydrogen-bond acceptors (Lipinski definition) is 4. The van der Waals surface area contributed by atoms with E-state index in [-0.39, 0.29) is 12.6 Å². The van der Waals surface area contributed by atoms with Crippen LogP contribution in [0, 0.1) is 0 Å². The van der Waals surface area contributed by atoms with E-state index in [0.717, 1.165) is 0 Å². The minimum Gasteiger partial charge on any atom is -0.395 e. The van der Waals surface area contributed by atoms with Crippen molar-refractivity contribution in [2.45, 2.75) is 37.4 Å². The minimum atomic E-state index is 0.0977. The van der Waals surface area contributed by atoms with Gasteiger partial charge in [0.05, 0.1) is 19.3 Å². The Bertz CT molecular complexity index is 201. The van der Waals surface area contributed by atoms with Crippen LogP contribution in [0.3, 0.4) is 0 Å². The molecular formula is C11H22N2O2. The first-order chi connectivity index (χ1) is 7.35. The number of aliphatic hydroxyl groups is 1. The predicted octanol–water partition coefficient (Wildman–Crippen LogP) is -0.180. The second-order valence-electron chi connectivity index (χ2n) is 4.64. The Morgan fingerprint density at radius 2 is 2.33 bits per heavy atom. The molecule has 88 valence electrons. The first kappa shape index (κ1) is 11.3. The molecule has 3 unspecified atom stereocenters. The third-order valence-corrected chi connectivity index (χ3v) is 3.64. The van der Waals surface area contributed by atoms with E-state index in [4.69, 9.17) is 4.74 Å². The van der Waals surface area contributed by atoms with E-state index in [1.807, 2.05) is 0 Å². The second kappa shape index (κ2) is 5.25. The minimum absolute atomic E-state index is 0.0977. The van der Waals surface area contributed by atoms with Gasteiger partial charge in [-0.05, 0) is 25.8 Å². The van der Waals surface area contributed by atoms with Crippen LogP contribution in [0.4, 0.5) is 0 Å². The molecular weight excluding hydrogens is 192 g/mol. The highest BCUT2D eigenvalue weighted by Crippen LogP contribution is 2.28. The average Bonchev–Trinajstić information content (AvgIpc) is 2.81. The number of rotatable bonds is 5. The van der Waals surface area contributed by atoms with Crippen molar-refractivity contribution < 1.29 is 9.84 Å². The van der Waals surface area contributed by atoms with E-state index in [0.29, 0.717) is 18.7 Å². The molecule has 4 heteroatoms. The van der Waals surface area contributed by atoms with Crippen LogP contribution in [0.5, 0.6) is 0 Å². The molecule has 2 fully saturated rings. The third-order valence-electron chi connectivity index (χ3n) is 3.64. The molecule has 3 atom stereocenters. The van der Waals surface area contributed by atoms with Gasteiger partial charge in [0.15, 0.2) is 0 Å². The van der Waals surface area contributed by atoms with Gasteiger partial charge in [0.1, 0.15) is 0 Å². The van der Waals surface area contributed by atoms with E-state index >= 15 is 0 Å². The quantitative estimate of drug-likeness (QED) is 0.666. The lowest BCUT2D eigenvalue weighted by Crippen LogP contribution is -2.47. The molecule has 2 rings (SSSR count). The zero-order valence-electron chi connectivity index (χ0n) is 9.48. The maximum Gasteiger partial charge on any atom is 0.0638 e. The number of aliphatic hydroxyl groups excluding tert-OH is 1. The largest absolute Gasteiger partial charge is 0.395 e. The number of hydrogen-bond donors (Lipinski definition) is 2. The Balaban J connectivity index is 1.83. The summed E-state index contributed by atoms with van der Waals surface area (Å²) in [5.41, 5.74) is 0. The molecule has 2 saturated heterocycles. The summed E-state index contributed by atoms with van der Waals surface area (Å²) >= 11 is 0. The van der Waals surface area contributed by atoms with Crippen molar-refractivity contribution in [1.29, 1.82) is 0 Å². The number of fused-ring (bicyclic) bond motifs is 1. The van der Waals surface area contributed by atoms with Crippen molar-refractivity contribution in [2.75, 3.05) is 33.4 Å². The fraction of sp³-hybridized carbons (Fsp3) is 1.00. The van der Waals surface area contributed by atoms with Crippen LogP contribution in [0.1, 0.15) is 19.3 Å². The zero-order valence-corrected chi connectivity index (χ0v) is 9.48. The van der Waals surface area contributed by atoms with Gasteiger partial charge in [0.25, 0.3) is 0 Å². The fourth-order valence-electron chi connectivity index (χ4n) is 2.93. The first-order valence-corrected chi connectivity index (χ1v) is 5.95. The molecule has 2 aliphatic heterocycles. The molecule has 4 nitrogen and oxygen atoms in total. The van der Waals surface area contributed by atoms with Gasteiger partial charge in [-0.25, -0.2) is 0 Å². The predicted molar refractivity (Wildman–Crippen MR) is 58.9 cm³/mol. The smallest absolute Gasteiger partial charge is 0.0638 e. The molecule has 0 radical (unpaired) electrons.